The molecule has 2 heterocycles. The minimum Gasteiger partial charge on any atom is -0.467 e. The Hall–Kier alpha value is -2.15. The molecule has 6 nitrogen and oxygen atoms in total. The highest BCUT2D eigenvalue weighted by molar-refractivity contribution is 7.16. The minimum atomic E-state index is -0.455. The Morgan fingerprint density at radius 2 is 2.15 bits per heavy atom. The molecule has 2 N–H and O–H groups in total. The highest BCUT2D eigenvalue weighted by Gasteiger charge is 2.13. The van der Waals surface area contributed by atoms with E-state index in [1.807, 2.05) is 13.8 Å². The van der Waals surface area contributed by atoms with Crippen molar-refractivity contribution in [3.63, 3.8) is 0 Å². The van der Waals surface area contributed by atoms with Crippen LogP contribution in [-0.2, 0) is 4.74 Å². The van der Waals surface area contributed by atoms with E-state index in [1.165, 1.54) is 24.5 Å². The Morgan fingerprint density at radius 3 is 2.80 bits per heavy atom. The first kappa shape index (κ1) is 14.3. The number of thiazole rings is 1. The van der Waals surface area contributed by atoms with Crippen molar-refractivity contribution in [3.05, 3.63) is 23.9 Å². The number of anilines is 1. The fraction of sp³-hybridized carbons (Fsp3) is 0.308. The van der Waals surface area contributed by atoms with Crippen LogP contribution in [0.15, 0.2) is 18.3 Å². The second kappa shape index (κ2) is 5.87. The van der Waals surface area contributed by atoms with Gasteiger partial charge in [0.05, 0.1) is 35.5 Å². The van der Waals surface area contributed by atoms with Crippen molar-refractivity contribution in [3.8, 4) is 15.8 Å². The molecule has 0 amide bonds. The van der Waals surface area contributed by atoms with E-state index in [4.69, 9.17) is 10.5 Å². The molecule has 0 aliphatic carbocycles. The minimum absolute atomic E-state index is 0.0495. The highest BCUT2D eigenvalue weighted by atomic mass is 32.1. The van der Waals surface area contributed by atoms with Crippen LogP contribution in [-0.4, -0.2) is 29.2 Å². The molecule has 0 spiro atoms. The first-order valence-electron chi connectivity index (χ1n) is 5.98. The van der Waals surface area contributed by atoms with Gasteiger partial charge in [0.25, 0.3) is 5.19 Å². The van der Waals surface area contributed by atoms with Gasteiger partial charge in [-0.2, -0.15) is 0 Å². The van der Waals surface area contributed by atoms with Crippen LogP contribution in [0.1, 0.15) is 24.2 Å². The number of nitrogen functional groups attached to an aromatic ring is 1. The zero-order valence-electron chi connectivity index (χ0n) is 11.4. The number of nitrogens with two attached hydrogens (primary N) is 1. The molecule has 2 aromatic heterocycles. The number of methoxy groups -OCH3 is 1. The molecule has 0 saturated carbocycles. The molecule has 0 unspecified atom stereocenters. The van der Waals surface area contributed by atoms with Crippen LogP contribution in [0.4, 0.5) is 5.82 Å². The lowest BCUT2D eigenvalue weighted by molar-refractivity contribution is 0.0600. The molecule has 2 aromatic rings. The van der Waals surface area contributed by atoms with Crippen LogP contribution in [0.2, 0.25) is 0 Å². The van der Waals surface area contributed by atoms with Crippen LogP contribution < -0.4 is 10.5 Å². The molecule has 106 valence electrons. The normalized spacial score (nSPS) is 10.6. The zero-order chi connectivity index (χ0) is 14.7. The van der Waals surface area contributed by atoms with E-state index in [0.717, 1.165) is 4.88 Å². The number of hydrogen-bond donors (Lipinski definition) is 1. The van der Waals surface area contributed by atoms with Crippen molar-refractivity contribution in [2.45, 2.75) is 20.0 Å². The lowest BCUT2D eigenvalue weighted by Crippen LogP contribution is -2.04. The summed E-state index contributed by atoms with van der Waals surface area (Å²) in [6.45, 7) is 3.85. The maximum Gasteiger partial charge on any atom is 0.338 e. The molecule has 7 heteroatoms. The van der Waals surface area contributed by atoms with E-state index in [0.29, 0.717) is 16.5 Å². The van der Waals surface area contributed by atoms with Crippen LogP contribution >= 0.6 is 11.3 Å². The Labute approximate surface area is 120 Å². The van der Waals surface area contributed by atoms with Crippen molar-refractivity contribution < 1.29 is 14.3 Å². The Balaban J connectivity index is 2.34. The molecule has 2 rings (SSSR count). The quantitative estimate of drug-likeness (QED) is 0.871. The van der Waals surface area contributed by atoms with Gasteiger partial charge in [0.2, 0.25) is 0 Å². The second-order valence-electron chi connectivity index (χ2n) is 4.31. The number of carbonyl (C=O) groups excluding carboxylic acids is 1. The summed E-state index contributed by atoms with van der Waals surface area (Å²) >= 11 is 1.35. The summed E-state index contributed by atoms with van der Waals surface area (Å²) in [6, 6.07) is 3.09. The van der Waals surface area contributed by atoms with Gasteiger partial charge in [0, 0.05) is 0 Å². The largest absolute Gasteiger partial charge is 0.467 e. The molecule has 0 aromatic carbocycles. The third kappa shape index (κ3) is 3.24. The molecule has 0 radical (unpaired) electrons. The summed E-state index contributed by atoms with van der Waals surface area (Å²) in [5, 5.41) is 0.554. The van der Waals surface area contributed by atoms with Crippen LogP contribution in [0.5, 0.6) is 5.19 Å². The van der Waals surface area contributed by atoms with Crippen molar-refractivity contribution in [2.24, 2.45) is 0 Å². The fourth-order valence-corrected chi connectivity index (χ4v) is 2.40. The average Bonchev–Trinajstić information content (AvgIpc) is 2.84. The van der Waals surface area contributed by atoms with Crippen molar-refractivity contribution >= 4 is 23.1 Å². The molecule has 0 fully saturated rings. The zero-order valence-corrected chi connectivity index (χ0v) is 12.2. The Bertz CT molecular complexity index is 625. The Kier molecular flexibility index (Phi) is 4.19. The Morgan fingerprint density at radius 1 is 1.40 bits per heavy atom. The molecule has 20 heavy (non-hydrogen) atoms. The maximum atomic E-state index is 11.6. The van der Waals surface area contributed by atoms with Gasteiger partial charge in [-0.15, -0.1) is 0 Å². The average molecular weight is 293 g/mol. The third-order valence-corrected chi connectivity index (χ3v) is 3.25. The van der Waals surface area contributed by atoms with Gasteiger partial charge in [0.15, 0.2) is 0 Å². The van der Waals surface area contributed by atoms with E-state index < -0.39 is 5.97 Å². The van der Waals surface area contributed by atoms with Crippen molar-refractivity contribution in [2.75, 3.05) is 12.8 Å². The lowest BCUT2D eigenvalue weighted by atomic mass is 10.2. The van der Waals surface area contributed by atoms with Crippen molar-refractivity contribution in [1.82, 2.24) is 9.97 Å². The first-order valence-corrected chi connectivity index (χ1v) is 6.80. The molecule has 0 saturated heterocycles. The molecule has 0 atom stereocenters. The molecule has 0 bridgehead atoms. The monoisotopic (exact) mass is 293 g/mol. The molecule has 0 aliphatic rings. The molecular formula is C13H15N3O3S. The standard InChI is InChI=1S/C13H15N3O3S/c1-7(2)19-13-15-6-10(20-13)9-4-8(12(17)18-3)5-11(14)16-9/h4-7H,1-3H3,(H2,14,16). The topological polar surface area (TPSA) is 87.3 Å². The summed E-state index contributed by atoms with van der Waals surface area (Å²) < 4.78 is 10.2. The van der Waals surface area contributed by atoms with Crippen molar-refractivity contribution in [1.29, 1.82) is 0 Å². The summed E-state index contributed by atoms with van der Waals surface area (Å²) in [7, 11) is 1.32. The summed E-state index contributed by atoms with van der Waals surface area (Å²) in [6.07, 6.45) is 1.69. The molecule has 0 aliphatic heterocycles. The predicted molar refractivity (Wildman–Crippen MR) is 76.9 cm³/mol. The number of rotatable bonds is 4. The fourth-order valence-electron chi connectivity index (χ4n) is 1.55. The SMILES string of the molecule is COC(=O)c1cc(N)nc(-c2cnc(OC(C)C)s2)c1. The first-order chi connectivity index (χ1) is 9.49. The van der Waals surface area contributed by atoms with Gasteiger partial charge in [0.1, 0.15) is 5.82 Å². The maximum absolute atomic E-state index is 11.6. The van der Waals surface area contributed by atoms with E-state index in [-0.39, 0.29) is 11.9 Å². The van der Waals surface area contributed by atoms with E-state index >= 15 is 0 Å². The third-order valence-electron chi connectivity index (χ3n) is 2.34. The number of hydrogen-bond acceptors (Lipinski definition) is 7. The van der Waals surface area contributed by atoms with Crippen LogP contribution in [0.25, 0.3) is 10.6 Å². The van der Waals surface area contributed by atoms with E-state index in [9.17, 15) is 4.79 Å². The number of pyridine rings is 1. The lowest BCUT2D eigenvalue weighted by Gasteiger charge is -2.04. The number of nitrogens with zero attached hydrogens (tertiary/aromatic N) is 2. The second-order valence-corrected chi connectivity index (χ2v) is 5.31. The van der Waals surface area contributed by atoms with Gasteiger partial charge in [-0.25, -0.2) is 14.8 Å². The summed E-state index contributed by atoms with van der Waals surface area (Å²) in [5.41, 5.74) is 6.64. The number of ether oxygens (including phenoxy) is 2. The summed E-state index contributed by atoms with van der Waals surface area (Å²) in [4.78, 5) is 20.7. The molecular weight excluding hydrogens is 278 g/mol. The predicted octanol–water partition coefficient (Wildman–Crippen LogP) is 2.36. The van der Waals surface area contributed by atoms with Gasteiger partial charge < -0.3 is 15.2 Å². The van der Waals surface area contributed by atoms with Gasteiger partial charge >= 0.3 is 5.97 Å². The van der Waals surface area contributed by atoms with Crippen LogP contribution in [0, 0.1) is 0 Å². The smallest absolute Gasteiger partial charge is 0.338 e. The van der Waals surface area contributed by atoms with Gasteiger partial charge in [-0.3, -0.25) is 0 Å². The number of esters is 1. The summed E-state index contributed by atoms with van der Waals surface area (Å²) in [5.74, 6) is -0.203. The highest BCUT2D eigenvalue weighted by Crippen LogP contribution is 2.30. The van der Waals surface area contributed by atoms with E-state index in [2.05, 4.69) is 14.7 Å². The van der Waals surface area contributed by atoms with Crippen LogP contribution in [0.3, 0.4) is 0 Å². The van der Waals surface area contributed by atoms with Gasteiger partial charge in [-0.05, 0) is 26.0 Å². The van der Waals surface area contributed by atoms with Gasteiger partial charge in [-0.1, -0.05) is 11.3 Å². The number of carbonyl (C=O) groups is 1. The van der Waals surface area contributed by atoms with E-state index in [1.54, 1.807) is 12.3 Å². The number of aromatic nitrogens is 2.